The summed E-state index contributed by atoms with van der Waals surface area (Å²) < 4.78 is 6.12. The molecular formula is C12H14BrN3O3. The van der Waals surface area contributed by atoms with Gasteiger partial charge in [-0.3, -0.25) is 10.1 Å². The van der Waals surface area contributed by atoms with Gasteiger partial charge >= 0.3 is 0 Å². The fourth-order valence-electron chi connectivity index (χ4n) is 1.32. The van der Waals surface area contributed by atoms with Crippen LogP contribution in [0.15, 0.2) is 22.7 Å². The quantitative estimate of drug-likeness (QED) is 0.640. The van der Waals surface area contributed by atoms with E-state index in [0.717, 1.165) is 0 Å². The van der Waals surface area contributed by atoms with Crippen molar-refractivity contribution in [1.29, 1.82) is 5.26 Å². The van der Waals surface area contributed by atoms with Crippen LogP contribution in [-0.4, -0.2) is 24.1 Å². The summed E-state index contributed by atoms with van der Waals surface area (Å²) in [5, 5.41) is 22.6. The zero-order chi connectivity index (χ0) is 14.5. The number of hydrogen-bond acceptors (Lipinski definition) is 5. The lowest BCUT2D eigenvalue weighted by Crippen LogP contribution is -2.39. The van der Waals surface area contributed by atoms with Gasteiger partial charge in [0.05, 0.1) is 28.1 Å². The number of nitro groups is 1. The molecule has 0 heterocycles. The molecule has 0 saturated carbocycles. The van der Waals surface area contributed by atoms with Crippen molar-refractivity contribution in [3.8, 4) is 11.8 Å². The van der Waals surface area contributed by atoms with Crippen molar-refractivity contribution in [2.75, 3.05) is 13.7 Å². The molecule has 0 aliphatic carbocycles. The molecule has 0 bridgehead atoms. The maximum atomic E-state index is 10.7. The first-order chi connectivity index (χ1) is 8.91. The Morgan fingerprint density at radius 3 is 2.84 bits per heavy atom. The number of nitro benzene ring substituents is 1. The predicted molar refractivity (Wildman–Crippen MR) is 74.0 cm³/mol. The second-order valence-corrected chi connectivity index (χ2v) is 5.02. The van der Waals surface area contributed by atoms with Gasteiger partial charge in [-0.1, -0.05) is 0 Å². The lowest BCUT2D eigenvalue weighted by molar-refractivity contribution is -0.385. The number of non-ortho nitro benzene ring substituents is 1. The number of rotatable bonds is 6. The zero-order valence-electron chi connectivity index (χ0n) is 10.6. The van der Waals surface area contributed by atoms with Crippen molar-refractivity contribution in [3.05, 3.63) is 32.8 Å². The molecule has 0 aromatic heterocycles. The highest BCUT2D eigenvalue weighted by atomic mass is 79.9. The Hall–Kier alpha value is -1.65. The van der Waals surface area contributed by atoms with E-state index >= 15 is 0 Å². The molecule has 1 unspecified atom stereocenters. The van der Waals surface area contributed by atoms with E-state index in [-0.39, 0.29) is 12.3 Å². The highest BCUT2D eigenvalue weighted by Gasteiger charge is 2.21. The van der Waals surface area contributed by atoms with Crippen LogP contribution in [0.25, 0.3) is 0 Å². The molecule has 0 spiro atoms. The summed E-state index contributed by atoms with van der Waals surface area (Å²) in [4.78, 5) is 10.2. The maximum absolute atomic E-state index is 10.7. The van der Waals surface area contributed by atoms with Crippen molar-refractivity contribution >= 4 is 21.6 Å². The molecule has 1 rings (SSSR count). The predicted octanol–water partition coefficient (Wildman–Crippen LogP) is 2.63. The van der Waals surface area contributed by atoms with Crippen molar-refractivity contribution in [1.82, 2.24) is 5.32 Å². The van der Waals surface area contributed by atoms with E-state index in [9.17, 15) is 10.1 Å². The monoisotopic (exact) mass is 327 g/mol. The average molecular weight is 328 g/mol. The van der Waals surface area contributed by atoms with E-state index in [1.807, 2.05) is 0 Å². The van der Waals surface area contributed by atoms with Crippen LogP contribution in [0, 0.1) is 21.4 Å². The summed E-state index contributed by atoms with van der Waals surface area (Å²) in [5.41, 5.74) is -0.706. The highest BCUT2D eigenvalue weighted by Crippen LogP contribution is 2.29. The number of halogens is 1. The van der Waals surface area contributed by atoms with Crippen LogP contribution in [-0.2, 0) is 0 Å². The van der Waals surface area contributed by atoms with Crippen LogP contribution in [0.1, 0.15) is 13.3 Å². The van der Waals surface area contributed by atoms with Crippen LogP contribution in [0.4, 0.5) is 5.69 Å². The smallest absolute Gasteiger partial charge is 0.273 e. The van der Waals surface area contributed by atoms with Crippen LogP contribution in [0.2, 0.25) is 0 Å². The molecule has 19 heavy (non-hydrogen) atoms. The molecule has 102 valence electrons. The number of nitrogens with zero attached hydrogens (tertiary/aromatic N) is 2. The summed E-state index contributed by atoms with van der Waals surface area (Å²) in [7, 11) is 1.70. The Labute approximate surface area is 119 Å². The SMILES string of the molecule is CNC(C)(C#N)CCOc1cc([N+](=O)[O-])ccc1Br. The first-order valence-corrected chi connectivity index (χ1v) is 6.38. The minimum Gasteiger partial charge on any atom is -0.492 e. The third-order valence-corrected chi connectivity index (χ3v) is 3.44. The third-order valence-electron chi connectivity index (χ3n) is 2.78. The normalized spacial score (nSPS) is 13.4. The maximum Gasteiger partial charge on any atom is 0.273 e. The second kappa shape index (κ2) is 6.50. The molecular weight excluding hydrogens is 314 g/mol. The first kappa shape index (κ1) is 15.4. The van der Waals surface area contributed by atoms with Crippen molar-refractivity contribution in [2.45, 2.75) is 18.9 Å². The van der Waals surface area contributed by atoms with E-state index in [1.165, 1.54) is 12.1 Å². The Bertz CT molecular complexity index is 515. The zero-order valence-corrected chi connectivity index (χ0v) is 12.2. The summed E-state index contributed by atoms with van der Waals surface area (Å²) >= 11 is 3.27. The summed E-state index contributed by atoms with van der Waals surface area (Å²) in [6.45, 7) is 2.05. The standard InChI is InChI=1S/C12H14BrN3O3/c1-12(8-14,15-2)5-6-19-11-7-9(16(17)18)3-4-10(11)13/h3-4,7,15H,5-6H2,1-2H3. The number of nitrogens with one attached hydrogen (secondary N) is 1. The molecule has 0 aliphatic rings. The summed E-state index contributed by atoms with van der Waals surface area (Å²) in [6.07, 6.45) is 0.467. The van der Waals surface area contributed by atoms with Gasteiger partial charge in [-0.05, 0) is 36.0 Å². The third kappa shape index (κ3) is 4.19. The minimum atomic E-state index is -0.673. The van der Waals surface area contributed by atoms with Crippen LogP contribution >= 0.6 is 15.9 Å². The van der Waals surface area contributed by atoms with Gasteiger partial charge in [-0.2, -0.15) is 5.26 Å². The second-order valence-electron chi connectivity index (χ2n) is 4.16. The Balaban J connectivity index is 2.71. The molecule has 7 heteroatoms. The number of nitriles is 1. The Morgan fingerprint density at radius 2 is 2.32 bits per heavy atom. The molecule has 6 nitrogen and oxygen atoms in total. The fraction of sp³-hybridized carbons (Fsp3) is 0.417. The molecule has 1 atom stereocenters. The van der Waals surface area contributed by atoms with Crippen LogP contribution in [0.3, 0.4) is 0 Å². The number of benzene rings is 1. The van der Waals surface area contributed by atoms with Gasteiger partial charge in [-0.25, -0.2) is 0 Å². The fourth-order valence-corrected chi connectivity index (χ4v) is 1.68. The molecule has 0 radical (unpaired) electrons. The van der Waals surface area contributed by atoms with Gasteiger partial charge in [0.2, 0.25) is 0 Å². The van der Waals surface area contributed by atoms with E-state index < -0.39 is 10.5 Å². The minimum absolute atomic E-state index is 0.0325. The topological polar surface area (TPSA) is 88.2 Å². The van der Waals surface area contributed by atoms with Gasteiger partial charge in [0.1, 0.15) is 11.3 Å². The molecule has 1 N–H and O–H groups in total. The van der Waals surface area contributed by atoms with E-state index in [1.54, 1.807) is 20.0 Å². The number of ether oxygens (including phenoxy) is 1. The molecule has 1 aromatic rings. The van der Waals surface area contributed by atoms with Gasteiger partial charge in [0.15, 0.2) is 0 Å². The molecule has 0 saturated heterocycles. The van der Waals surface area contributed by atoms with E-state index in [0.29, 0.717) is 16.6 Å². The Morgan fingerprint density at radius 1 is 1.63 bits per heavy atom. The van der Waals surface area contributed by atoms with Crippen molar-refractivity contribution in [3.63, 3.8) is 0 Å². The van der Waals surface area contributed by atoms with Crippen LogP contribution < -0.4 is 10.1 Å². The summed E-state index contributed by atoms with van der Waals surface area (Å²) in [6, 6.07) is 6.46. The lowest BCUT2D eigenvalue weighted by atomic mass is 10.0. The Kier molecular flexibility index (Phi) is 5.27. The van der Waals surface area contributed by atoms with Gasteiger partial charge < -0.3 is 10.1 Å². The molecule has 0 amide bonds. The number of hydrogen-bond donors (Lipinski definition) is 1. The molecule has 1 aromatic carbocycles. The molecule has 0 fully saturated rings. The first-order valence-electron chi connectivity index (χ1n) is 5.59. The van der Waals surface area contributed by atoms with Gasteiger partial charge in [0.25, 0.3) is 5.69 Å². The molecule has 0 aliphatic heterocycles. The average Bonchev–Trinajstić information content (AvgIpc) is 2.40. The van der Waals surface area contributed by atoms with Gasteiger partial charge in [-0.15, -0.1) is 0 Å². The summed E-state index contributed by atoms with van der Waals surface area (Å²) in [5.74, 6) is 0.394. The van der Waals surface area contributed by atoms with Crippen molar-refractivity contribution in [2.24, 2.45) is 0 Å². The van der Waals surface area contributed by atoms with E-state index in [2.05, 4.69) is 27.3 Å². The van der Waals surface area contributed by atoms with E-state index in [4.69, 9.17) is 10.00 Å². The van der Waals surface area contributed by atoms with Crippen molar-refractivity contribution < 1.29 is 9.66 Å². The largest absolute Gasteiger partial charge is 0.492 e. The highest BCUT2D eigenvalue weighted by molar-refractivity contribution is 9.10. The van der Waals surface area contributed by atoms with Crippen LogP contribution in [0.5, 0.6) is 5.75 Å². The lowest BCUT2D eigenvalue weighted by Gasteiger charge is -2.20. The van der Waals surface area contributed by atoms with Gasteiger partial charge in [0, 0.05) is 12.5 Å².